The minimum atomic E-state index is 0.159. The molecule has 0 spiro atoms. The lowest BCUT2D eigenvalue weighted by Gasteiger charge is -2.19. The van der Waals surface area contributed by atoms with Crippen LogP contribution in [0.25, 0.3) is 0 Å². The maximum Gasteiger partial charge on any atom is 0.222 e. The largest absolute Gasteiger partial charge is 0.341 e. The van der Waals surface area contributed by atoms with Gasteiger partial charge in [0.2, 0.25) is 5.91 Å². The molecule has 3 nitrogen and oxygen atoms in total. The lowest BCUT2D eigenvalue weighted by Crippen LogP contribution is -2.27. The molecule has 0 saturated carbocycles. The average molecular weight is 244 g/mol. The molecule has 96 valence electrons. The highest BCUT2D eigenvalue weighted by atomic mass is 16.2. The molecule has 0 radical (unpaired) electrons. The Morgan fingerprint density at radius 2 is 2.22 bits per heavy atom. The van der Waals surface area contributed by atoms with E-state index in [0.29, 0.717) is 24.4 Å². The predicted molar refractivity (Wildman–Crippen MR) is 71.7 cm³/mol. The molecule has 1 rings (SSSR count). The van der Waals surface area contributed by atoms with E-state index >= 15 is 0 Å². The third-order valence-electron chi connectivity index (χ3n) is 3.12. The standard InChI is InChI=1S/C15H20N2O/c1-4-12(2)8-15(18)17(3)11-14-7-5-6-13(9-14)10-16/h5-7,9,12H,4,8,11H2,1-3H3. The van der Waals surface area contributed by atoms with Gasteiger partial charge >= 0.3 is 0 Å². The van der Waals surface area contributed by atoms with Crippen molar-refractivity contribution in [3.05, 3.63) is 35.4 Å². The van der Waals surface area contributed by atoms with Crippen LogP contribution in [0.15, 0.2) is 24.3 Å². The third kappa shape index (κ3) is 4.21. The van der Waals surface area contributed by atoms with Gasteiger partial charge in [0.15, 0.2) is 0 Å². The van der Waals surface area contributed by atoms with Gasteiger partial charge in [-0.25, -0.2) is 0 Å². The Morgan fingerprint density at radius 3 is 2.83 bits per heavy atom. The summed E-state index contributed by atoms with van der Waals surface area (Å²) in [4.78, 5) is 13.7. The van der Waals surface area contributed by atoms with Crippen LogP contribution < -0.4 is 0 Å². The second kappa shape index (κ2) is 6.80. The molecular weight excluding hydrogens is 224 g/mol. The molecule has 0 heterocycles. The van der Waals surface area contributed by atoms with Crippen LogP contribution in [0.5, 0.6) is 0 Å². The normalized spacial score (nSPS) is 11.7. The van der Waals surface area contributed by atoms with E-state index in [-0.39, 0.29) is 5.91 Å². The number of hydrogen-bond donors (Lipinski definition) is 0. The number of nitrogens with zero attached hydrogens (tertiary/aromatic N) is 2. The quantitative estimate of drug-likeness (QED) is 0.799. The van der Waals surface area contributed by atoms with E-state index in [9.17, 15) is 4.79 Å². The van der Waals surface area contributed by atoms with Gasteiger partial charge in [0.1, 0.15) is 0 Å². The zero-order valence-electron chi connectivity index (χ0n) is 11.3. The highest BCUT2D eigenvalue weighted by molar-refractivity contribution is 5.76. The first-order chi connectivity index (χ1) is 8.56. The first-order valence-corrected chi connectivity index (χ1v) is 6.29. The summed E-state index contributed by atoms with van der Waals surface area (Å²) < 4.78 is 0. The van der Waals surface area contributed by atoms with Crippen LogP contribution in [0.1, 0.15) is 37.8 Å². The summed E-state index contributed by atoms with van der Waals surface area (Å²) in [5, 5.41) is 8.83. The molecule has 0 aromatic heterocycles. The van der Waals surface area contributed by atoms with Crippen molar-refractivity contribution in [1.82, 2.24) is 4.90 Å². The van der Waals surface area contributed by atoms with Crippen LogP contribution >= 0.6 is 0 Å². The summed E-state index contributed by atoms with van der Waals surface area (Å²) >= 11 is 0. The summed E-state index contributed by atoms with van der Waals surface area (Å²) in [5.41, 5.74) is 1.63. The minimum Gasteiger partial charge on any atom is -0.341 e. The second-order valence-electron chi connectivity index (χ2n) is 4.78. The number of rotatable bonds is 5. The Morgan fingerprint density at radius 1 is 1.50 bits per heavy atom. The van der Waals surface area contributed by atoms with Gasteiger partial charge in [-0.3, -0.25) is 4.79 Å². The topological polar surface area (TPSA) is 44.1 Å². The molecule has 0 fully saturated rings. The number of amides is 1. The van der Waals surface area contributed by atoms with Crippen LogP contribution in [0.3, 0.4) is 0 Å². The van der Waals surface area contributed by atoms with Crippen molar-refractivity contribution < 1.29 is 4.79 Å². The van der Waals surface area contributed by atoms with Crippen molar-refractivity contribution in [1.29, 1.82) is 5.26 Å². The molecule has 1 unspecified atom stereocenters. The first-order valence-electron chi connectivity index (χ1n) is 6.29. The Hall–Kier alpha value is -1.82. The molecule has 18 heavy (non-hydrogen) atoms. The fourth-order valence-electron chi connectivity index (χ4n) is 1.70. The molecular formula is C15H20N2O. The maximum absolute atomic E-state index is 11.9. The van der Waals surface area contributed by atoms with Crippen LogP contribution in [0.4, 0.5) is 0 Å². The summed E-state index contributed by atoms with van der Waals surface area (Å²) in [5.74, 6) is 0.581. The predicted octanol–water partition coefficient (Wildman–Crippen LogP) is 2.95. The van der Waals surface area contributed by atoms with Crippen molar-refractivity contribution in [2.45, 2.75) is 33.2 Å². The van der Waals surface area contributed by atoms with Crippen molar-refractivity contribution in [3.8, 4) is 6.07 Å². The summed E-state index contributed by atoms with van der Waals surface area (Å²) in [6.07, 6.45) is 1.61. The van der Waals surface area contributed by atoms with Gasteiger partial charge in [-0.05, 0) is 23.6 Å². The molecule has 1 aromatic rings. The summed E-state index contributed by atoms with van der Waals surface area (Å²) in [7, 11) is 1.81. The minimum absolute atomic E-state index is 0.159. The van der Waals surface area contributed by atoms with Crippen LogP contribution in [0.2, 0.25) is 0 Å². The van der Waals surface area contributed by atoms with Crippen LogP contribution in [0, 0.1) is 17.2 Å². The van der Waals surface area contributed by atoms with E-state index in [2.05, 4.69) is 19.9 Å². The molecule has 1 aromatic carbocycles. The third-order valence-corrected chi connectivity index (χ3v) is 3.12. The number of nitriles is 1. The van der Waals surface area contributed by atoms with Gasteiger partial charge in [-0.1, -0.05) is 32.4 Å². The smallest absolute Gasteiger partial charge is 0.222 e. The molecule has 1 atom stereocenters. The molecule has 0 aliphatic carbocycles. The fraction of sp³-hybridized carbons (Fsp3) is 0.467. The number of benzene rings is 1. The molecule has 3 heteroatoms. The SMILES string of the molecule is CCC(C)CC(=O)N(C)Cc1cccc(C#N)c1. The molecule has 0 saturated heterocycles. The van der Waals surface area contributed by atoms with Crippen molar-refractivity contribution in [2.24, 2.45) is 5.92 Å². The van der Waals surface area contributed by atoms with E-state index in [4.69, 9.17) is 5.26 Å². The van der Waals surface area contributed by atoms with Gasteiger partial charge in [0.05, 0.1) is 11.6 Å². The van der Waals surface area contributed by atoms with E-state index < -0.39 is 0 Å². The van der Waals surface area contributed by atoms with E-state index in [0.717, 1.165) is 12.0 Å². The number of carbonyl (C=O) groups excluding carboxylic acids is 1. The molecule has 0 N–H and O–H groups in total. The average Bonchev–Trinajstić information content (AvgIpc) is 2.38. The van der Waals surface area contributed by atoms with E-state index in [1.807, 2.05) is 25.2 Å². The zero-order chi connectivity index (χ0) is 13.5. The summed E-state index contributed by atoms with van der Waals surface area (Å²) in [6.45, 7) is 4.74. The van der Waals surface area contributed by atoms with E-state index in [1.165, 1.54) is 0 Å². The van der Waals surface area contributed by atoms with Gasteiger partial charge in [-0.15, -0.1) is 0 Å². The van der Waals surface area contributed by atoms with Gasteiger partial charge in [0, 0.05) is 20.0 Å². The Balaban J connectivity index is 2.61. The van der Waals surface area contributed by atoms with Crippen molar-refractivity contribution >= 4 is 5.91 Å². The van der Waals surface area contributed by atoms with Crippen LogP contribution in [-0.4, -0.2) is 17.9 Å². The Labute approximate surface area is 109 Å². The highest BCUT2D eigenvalue weighted by Gasteiger charge is 2.12. The Bertz CT molecular complexity index is 448. The van der Waals surface area contributed by atoms with Gasteiger partial charge in [-0.2, -0.15) is 5.26 Å². The number of carbonyl (C=O) groups is 1. The van der Waals surface area contributed by atoms with Crippen molar-refractivity contribution in [3.63, 3.8) is 0 Å². The lowest BCUT2D eigenvalue weighted by atomic mass is 10.0. The Kier molecular flexibility index (Phi) is 5.38. The zero-order valence-corrected chi connectivity index (χ0v) is 11.3. The monoisotopic (exact) mass is 244 g/mol. The second-order valence-corrected chi connectivity index (χ2v) is 4.78. The maximum atomic E-state index is 11.9. The highest BCUT2D eigenvalue weighted by Crippen LogP contribution is 2.11. The van der Waals surface area contributed by atoms with E-state index in [1.54, 1.807) is 11.0 Å². The molecule has 0 bridgehead atoms. The van der Waals surface area contributed by atoms with Crippen molar-refractivity contribution in [2.75, 3.05) is 7.05 Å². The molecule has 0 aliphatic heterocycles. The fourth-order valence-corrected chi connectivity index (χ4v) is 1.70. The molecule has 0 aliphatic rings. The first kappa shape index (κ1) is 14.2. The van der Waals surface area contributed by atoms with Crippen LogP contribution in [-0.2, 0) is 11.3 Å². The van der Waals surface area contributed by atoms with Gasteiger partial charge in [0.25, 0.3) is 0 Å². The summed E-state index contributed by atoms with van der Waals surface area (Å²) in [6, 6.07) is 9.49. The molecule has 1 amide bonds. The lowest BCUT2D eigenvalue weighted by molar-refractivity contribution is -0.131. The van der Waals surface area contributed by atoms with Gasteiger partial charge < -0.3 is 4.90 Å². The number of hydrogen-bond acceptors (Lipinski definition) is 2.